The fourth-order valence-corrected chi connectivity index (χ4v) is 1.47. The Labute approximate surface area is 84.6 Å². The van der Waals surface area contributed by atoms with Crippen molar-refractivity contribution in [3.05, 3.63) is 40.8 Å². The zero-order valence-corrected chi connectivity index (χ0v) is 7.72. The van der Waals surface area contributed by atoms with Crippen molar-refractivity contribution in [2.24, 2.45) is 0 Å². The van der Waals surface area contributed by atoms with E-state index in [2.05, 4.69) is 4.98 Å². The van der Waals surface area contributed by atoms with Crippen LogP contribution in [-0.4, -0.2) is 4.98 Å². The normalized spacial score (nSPS) is 10.1. The Morgan fingerprint density at radius 3 is 2.93 bits per heavy atom. The first-order valence-corrected chi connectivity index (χ1v) is 4.25. The first-order chi connectivity index (χ1) is 6.72. The summed E-state index contributed by atoms with van der Waals surface area (Å²) in [5.41, 5.74) is 0.469. The van der Waals surface area contributed by atoms with Gasteiger partial charge < -0.3 is 0 Å². The largest absolute Gasteiger partial charge is 0.233 e. The highest BCUT2D eigenvalue weighted by Gasteiger charge is 2.07. The molecule has 4 heteroatoms. The molecule has 0 bridgehead atoms. The molecule has 68 valence electrons. The lowest BCUT2D eigenvalue weighted by atomic mass is 10.1. The van der Waals surface area contributed by atoms with E-state index in [9.17, 15) is 4.39 Å². The second kappa shape index (κ2) is 3.24. The average Bonchev–Trinajstić information content (AvgIpc) is 2.18. The lowest BCUT2D eigenvalue weighted by Gasteiger charge is -2.00. The fourth-order valence-electron chi connectivity index (χ4n) is 1.27. The van der Waals surface area contributed by atoms with Gasteiger partial charge in [0.2, 0.25) is 0 Å². The molecule has 0 radical (unpaired) electrons. The van der Waals surface area contributed by atoms with Gasteiger partial charge in [-0.05, 0) is 12.1 Å². The monoisotopic (exact) mass is 206 g/mol. The Hall–Kier alpha value is -1.66. The molecule has 14 heavy (non-hydrogen) atoms. The van der Waals surface area contributed by atoms with E-state index in [1.54, 1.807) is 6.07 Å². The highest BCUT2D eigenvalue weighted by Crippen LogP contribution is 2.22. The summed E-state index contributed by atoms with van der Waals surface area (Å²) in [6.07, 6.45) is 0. The van der Waals surface area contributed by atoms with E-state index in [0.717, 1.165) is 0 Å². The van der Waals surface area contributed by atoms with Crippen molar-refractivity contribution in [1.82, 2.24) is 4.98 Å². The number of fused-ring (bicyclic) bond motifs is 1. The molecule has 2 rings (SSSR count). The number of para-hydroxylation sites is 1. The highest BCUT2D eigenvalue weighted by molar-refractivity contribution is 6.30. The van der Waals surface area contributed by atoms with Gasteiger partial charge in [0.1, 0.15) is 16.5 Å². The number of benzene rings is 1. The summed E-state index contributed by atoms with van der Waals surface area (Å²) in [6, 6.07) is 7.83. The molecule has 2 nitrogen and oxygen atoms in total. The Balaban J connectivity index is 2.96. The summed E-state index contributed by atoms with van der Waals surface area (Å²) in [5, 5.41) is 9.40. The molecule has 1 aromatic heterocycles. The summed E-state index contributed by atoms with van der Waals surface area (Å²) in [4.78, 5) is 3.82. The zero-order chi connectivity index (χ0) is 10.1. The lowest BCUT2D eigenvalue weighted by Crippen LogP contribution is -1.88. The van der Waals surface area contributed by atoms with Crippen LogP contribution in [0.5, 0.6) is 0 Å². The SMILES string of the molecule is N#Cc1cc(Cl)nc2c(F)cccc12. The topological polar surface area (TPSA) is 36.7 Å². The fraction of sp³-hybridized carbons (Fsp3) is 0. The van der Waals surface area contributed by atoms with Crippen LogP contribution in [0.2, 0.25) is 5.15 Å². The minimum atomic E-state index is -0.471. The molecule has 0 aliphatic rings. The molecule has 0 amide bonds. The van der Waals surface area contributed by atoms with Crippen LogP contribution in [0.4, 0.5) is 4.39 Å². The first-order valence-electron chi connectivity index (χ1n) is 3.87. The summed E-state index contributed by atoms with van der Waals surface area (Å²) < 4.78 is 13.3. The second-order valence-corrected chi connectivity index (χ2v) is 3.13. The van der Waals surface area contributed by atoms with Crippen LogP contribution >= 0.6 is 11.6 Å². The van der Waals surface area contributed by atoms with E-state index in [-0.39, 0.29) is 10.7 Å². The maximum atomic E-state index is 13.3. The third-order valence-electron chi connectivity index (χ3n) is 1.88. The Kier molecular flexibility index (Phi) is 2.06. The molecule has 0 fully saturated rings. The predicted octanol–water partition coefficient (Wildman–Crippen LogP) is 2.90. The summed E-state index contributed by atoms with van der Waals surface area (Å²) in [7, 11) is 0. The maximum Gasteiger partial charge on any atom is 0.149 e. The quantitative estimate of drug-likeness (QED) is 0.622. The standard InChI is InChI=1S/C10H4ClFN2/c11-9-4-6(5-13)7-2-1-3-8(12)10(7)14-9/h1-4H. The van der Waals surface area contributed by atoms with Crippen LogP contribution < -0.4 is 0 Å². The molecule has 0 N–H and O–H groups in total. The van der Waals surface area contributed by atoms with Crippen molar-refractivity contribution in [3.8, 4) is 6.07 Å². The number of hydrogen-bond donors (Lipinski definition) is 0. The van der Waals surface area contributed by atoms with Crippen LogP contribution in [0.15, 0.2) is 24.3 Å². The van der Waals surface area contributed by atoms with Crippen molar-refractivity contribution < 1.29 is 4.39 Å². The van der Waals surface area contributed by atoms with Crippen molar-refractivity contribution in [3.63, 3.8) is 0 Å². The number of rotatable bonds is 0. The molecule has 0 atom stereocenters. The van der Waals surface area contributed by atoms with Gasteiger partial charge in [-0.1, -0.05) is 23.7 Å². The van der Waals surface area contributed by atoms with Crippen LogP contribution in [0, 0.1) is 17.1 Å². The van der Waals surface area contributed by atoms with Gasteiger partial charge in [0.05, 0.1) is 11.6 Å². The lowest BCUT2D eigenvalue weighted by molar-refractivity contribution is 0.637. The third-order valence-corrected chi connectivity index (χ3v) is 2.07. The molecule has 0 aliphatic carbocycles. The van der Waals surface area contributed by atoms with Gasteiger partial charge in [0.25, 0.3) is 0 Å². The van der Waals surface area contributed by atoms with Gasteiger partial charge in [-0.15, -0.1) is 0 Å². The number of pyridine rings is 1. The molecule has 0 spiro atoms. The van der Waals surface area contributed by atoms with Crippen molar-refractivity contribution >= 4 is 22.5 Å². The Bertz CT molecular complexity index is 546. The van der Waals surface area contributed by atoms with Crippen LogP contribution in [0.3, 0.4) is 0 Å². The molecular weight excluding hydrogens is 203 g/mol. The summed E-state index contributed by atoms with van der Waals surface area (Å²) >= 11 is 5.65. The molecule has 1 aromatic carbocycles. The van der Waals surface area contributed by atoms with Crippen molar-refractivity contribution in [2.75, 3.05) is 0 Å². The molecule has 2 aromatic rings. The zero-order valence-electron chi connectivity index (χ0n) is 6.96. The summed E-state index contributed by atoms with van der Waals surface area (Å²) in [5.74, 6) is -0.471. The predicted molar refractivity (Wildman–Crippen MR) is 51.4 cm³/mol. The molecular formula is C10H4ClFN2. The van der Waals surface area contributed by atoms with Gasteiger partial charge in [-0.2, -0.15) is 5.26 Å². The minimum Gasteiger partial charge on any atom is -0.233 e. The molecule has 0 aliphatic heterocycles. The number of nitriles is 1. The number of halogens is 2. The van der Waals surface area contributed by atoms with E-state index in [1.807, 2.05) is 6.07 Å². The van der Waals surface area contributed by atoms with Gasteiger partial charge >= 0.3 is 0 Å². The third kappa shape index (κ3) is 1.30. The van der Waals surface area contributed by atoms with Gasteiger partial charge in [-0.25, -0.2) is 9.37 Å². The van der Waals surface area contributed by atoms with Crippen LogP contribution in [0.1, 0.15) is 5.56 Å². The van der Waals surface area contributed by atoms with Crippen molar-refractivity contribution in [1.29, 1.82) is 5.26 Å². The summed E-state index contributed by atoms with van der Waals surface area (Å²) in [6.45, 7) is 0. The smallest absolute Gasteiger partial charge is 0.149 e. The minimum absolute atomic E-state index is 0.124. The van der Waals surface area contributed by atoms with E-state index in [0.29, 0.717) is 10.9 Å². The number of hydrogen-bond acceptors (Lipinski definition) is 2. The van der Waals surface area contributed by atoms with Gasteiger partial charge in [0, 0.05) is 5.39 Å². The first kappa shape index (κ1) is 8.92. The molecule has 0 saturated heterocycles. The number of aromatic nitrogens is 1. The average molecular weight is 207 g/mol. The van der Waals surface area contributed by atoms with Gasteiger partial charge in [-0.3, -0.25) is 0 Å². The molecule has 0 unspecified atom stereocenters. The number of nitrogens with zero attached hydrogens (tertiary/aromatic N) is 2. The Morgan fingerprint density at radius 1 is 1.43 bits per heavy atom. The van der Waals surface area contributed by atoms with Gasteiger partial charge in [0.15, 0.2) is 0 Å². The van der Waals surface area contributed by atoms with E-state index >= 15 is 0 Å². The Morgan fingerprint density at radius 2 is 2.21 bits per heavy atom. The molecule has 0 saturated carbocycles. The van der Waals surface area contributed by atoms with Crippen LogP contribution in [0.25, 0.3) is 10.9 Å². The second-order valence-electron chi connectivity index (χ2n) is 2.74. The van der Waals surface area contributed by atoms with E-state index in [4.69, 9.17) is 16.9 Å². The van der Waals surface area contributed by atoms with Crippen LogP contribution in [-0.2, 0) is 0 Å². The molecule has 1 heterocycles. The van der Waals surface area contributed by atoms with E-state index < -0.39 is 5.82 Å². The van der Waals surface area contributed by atoms with E-state index in [1.165, 1.54) is 18.2 Å². The van der Waals surface area contributed by atoms with Crippen molar-refractivity contribution in [2.45, 2.75) is 0 Å². The maximum absolute atomic E-state index is 13.3. The highest BCUT2D eigenvalue weighted by atomic mass is 35.5.